The second-order valence-corrected chi connectivity index (χ2v) is 10.6. The predicted molar refractivity (Wildman–Crippen MR) is 129 cm³/mol. The molecule has 4 rings (SSSR count). The van der Waals surface area contributed by atoms with Gasteiger partial charge in [-0.25, -0.2) is 13.1 Å². The number of nitrogens with zero attached hydrogens (tertiary/aromatic N) is 3. The first-order valence-electron chi connectivity index (χ1n) is 11.6. The van der Waals surface area contributed by atoms with E-state index >= 15 is 0 Å². The summed E-state index contributed by atoms with van der Waals surface area (Å²) < 4.78 is 37.3. The number of hydrogen-bond donors (Lipinski definition) is 1. The van der Waals surface area contributed by atoms with E-state index in [0.717, 1.165) is 48.1 Å². The lowest BCUT2D eigenvalue weighted by Gasteiger charge is -2.30. The third-order valence-electron chi connectivity index (χ3n) is 6.12. The van der Waals surface area contributed by atoms with E-state index in [1.54, 1.807) is 18.7 Å². The molecule has 1 aromatic heterocycles. The molecule has 0 saturated heterocycles. The first kappa shape index (κ1) is 23.4. The van der Waals surface area contributed by atoms with Crippen LogP contribution in [-0.2, 0) is 16.4 Å². The van der Waals surface area contributed by atoms with Gasteiger partial charge in [-0.2, -0.15) is 0 Å². The summed E-state index contributed by atoms with van der Waals surface area (Å²) in [6.45, 7) is 5.98. The van der Waals surface area contributed by atoms with E-state index in [1.807, 2.05) is 61.7 Å². The number of aromatic nitrogens is 3. The summed E-state index contributed by atoms with van der Waals surface area (Å²) in [5.74, 6) is 0.824. The van der Waals surface area contributed by atoms with Crippen molar-refractivity contribution < 1.29 is 13.2 Å². The number of sulfonamides is 1. The van der Waals surface area contributed by atoms with Crippen LogP contribution in [0.15, 0.2) is 60.0 Å². The summed E-state index contributed by atoms with van der Waals surface area (Å²) in [6, 6.07) is 13.6. The highest BCUT2D eigenvalue weighted by Crippen LogP contribution is 2.31. The van der Waals surface area contributed by atoms with Crippen molar-refractivity contribution in [2.24, 2.45) is 0 Å². The number of hydrogen-bond acceptors (Lipinski definition) is 5. The van der Waals surface area contributed by atoms with Gasteiger partial charge in [0.25, 0.3) is 0 Å². The molecule has 1 fully saturated rings. The van der Waals surface area contributed by atoms with Crippen LogP contribution in [0, 0.1) is 0 Å². The van der Waals surface area contributed by atoms with Crippen LogP contribution < -0.4 is 9.46 Å². The smallest absolute Gasteiger partial charge is 0.241 e. The third kappa shape index (κ3) is 5.62. The van der Waals surface area contributed by atoms with E-state index in [1.165, 1.54) is 0 Å². The van der Waals surface area contributed by atoms with Crippen LogP contribution in [0.2, 0.25) is 0 Å². The van der Waals surface area contributed by atoms with Gasteiger partial charge in [0.05, 0.1) is 11.0 Å². The summed E-state index contributed by atoms with van der Waals surface area (Å²) in [7, 11) is -3.62. The van der Waals surface area contributed by atoms with Gasteiger partial charge in [-0.15, -0.1) is 10.2 Å². The Kier molecular flexibility index (Phi) is 7.14. The minimum absolute atomic E-state index is 0.103. The lowest BCUT2D eigenvalue weighted by atomic mass is 9.91. The van der Waals surface area contributed by atoms with E-state index < -0.39 is 10.0 Å². The Labute approximate surface area is 196 Å². The van der Waals surface area contributed by atoms with E-state index in [0.29, 0.717) is 11.3 Å². The standard InChI is InChI=1S/C25H32N4O3S/c1-4-19-14-21(20-8-11-24(12-9-20)32-18(2)3)10-13-25(19)33(30,31)28-22-6-5-7-23(15-22)29-16-26-27-17-29/h8-14,16-18,22-23,28H,4-7,15H2,1-3H3/t22-,23+/m0/s1. The summed E-state index contributed by atoms with van der Waals surface area (Å²) in [6.07, 6.45) is 7.71. The van der Waals surface area contributed by atoms with Crippen molar-refractivity contribution in [2.45, 2.75) is 76.0 Å². The van der Waals surface area contributed by atoms with Crippen LogP contribution >= 0.6 is 0 Å². The maximum Gasteiger partial charge on any atom is 0.241 e. The molecule has 0 aliphatic heterocycles. The van der Waals surface area contributed by atoms with Crippen molar-refractivity contribution in [3.63, 3.8) is 0 Å². The summed E-state index contributed by atoms with van der Waals surface area (Å²) in [4.78, 5) is 0.361. The maximum absolute atomic E-state index is 13.3. The molecule has 1 aliphatic rings. The van der Waals surface area contributed by atoms with Gasteiger partial charge in [0, 0.05) is 12.1 Å². The molecule has 0 bridgehead atoms. The van der Waals surface area contributed by atoms with Gasteiger partial charge in [0.1, 0.15) is 18.4 Å². The molecule has 176 valence electrons. The minimum Gasteiger partial charge on any atom is -0.491 e. The molecule has 8 heteroatoms. The number of ether oxygens (including phenoxy) is 1. The molecule has 1 N–H and O–H groups in total. The Bertz CT molecular complexity index is 1160. The molecule has 1 saturated carbocycles. The Balaban J connectivity index is 1.51. The zero-order valence-corrected chi connectivity index (χ0v) is 20.3. The predicted octanol–water partition coefficient (Wildman–Crippen LogP) is 4.76. The van der Waals surface area contributed by atoms with Crippen LogP contribution in [0.4, 0.5) is 0 Å². The monoisotopic (exact) mass is 468 g/mol. The van der Waals surface area contributed by atoms with Crippen molar-refractivity contribution in [2.75, 3.05) is 0 Å². The fourth-order valence-corrected chi connectivity index (χ4v) is 6.09. The Morgan fingerprint density at radius 1 is 1.06 bits per heavy atom. The van der Waals surface area contributed by atoms with Gasteiger partial charge in [0.15, 0.2) is 0 Å². The van der Waals surface area contributed by atoms with Crippen molar-refractivity contribution in [1.29, 1.82) is 0 Å². The summed E-state index contributed by atoms with van der Waals surface area (Å²) in [5, 5.41) is 7.77. The zero-order chi connectivity index (χ0) is 23.4. The van der Waals surface area contributed by atoms with Crippen LogP contribution in [0.5, 0.6) is 5.75 Å². The molecule has 1 aliphatic carbocycles. The first-order chi connectivity index (χ1) is 15.9. The SMILES string of the molecule is CCc1cc(-c2ccc(OC(C)C)cc2)ccc1S(=O)(=O)N[C@H]1CCC[C@@H](n2cnnc2)C1. The lowest BCUT2D eigenvalue weighted by Crippen LogP contribution is -2.39. The van der Waals surface area contributed by atoms with E-state index in [9.17, 15) is 8.42 Å². The van der Waals surface area contributed by atoms with E-state index in [4.69, 9.17) is 4.74 Å². The van der Waals surface area contributed by atoms with Gasteiger partial charge >= 0.3 is 0 Å². The zero-order valence-electron chi connectivity index (χ0n) is 19.4. The fraction of sp³-hybridized carbons (Fsp3) is 0.440. The molecule has 0 amide bonds. The van der Waals surface area contributed by atoms with Crippen molar-refractivity contribution in [1.82, 2.24) is 19.5 Å². The van der Waals surface area contributed by atoms with Crippen molar-refractivity contribution >= 4 is 10.0 Å². The highest BCUT2D eigenvalue weighted by Gasteiger charge is 2.28. The van der Waals surface area contributed by atoms with Gasteiger partial charge < -0.3 is 9.30 Å². The van der Waals surface area contributed by atoms with Crippen LogP contribution in [0.25, 0.3) is 11.1 Å². The summed E-state index contributed by atoms with van der Waals surface area (Å²) >= 11 is 0. The minimum atomic E-state index is -3.62. The molecule has 0 unspecified atom stereocenters. The lowest BCUT2D eigenvalue weighted by molar-refractivity contribution is 0.242. The number of aryl methyl sites for hydroxylation is 1. The quantitative estimate of drug-likeness (QED) is 0.515. The molecule has 0 radical (unpaired) electrons. The van der Waals surface area contributed by atoms with Crippen LogP contribution in [0.3, 0.4) is 0 Å². The number of nitrogens with one attached hydrogen (secondary N) is 1. The van der Waals surface area contributed by atoms with E-state index in [2.05, 4.69) is 14.9 Å². The first-order valence-corrected chi connectivity index (χ1v) is 13.1. The molecule has 7 nitrogen and oxygen atoms in total. The second kappa shape index (κ2) is 10.1. The Morgan fingerprint density at radius 3 is 2.42 bits per heavy atom. The van der Waals surface area contributed by atoms with Gasteiger partial charge in [-0.1, -0.05) is 25.1 Å². The number of rotatable bonds is 8. The normalized spacial score (nSPS) is 19.0. The number of benzene rings is 2. The molecule has 33 heavy (non-hydrogen) atoms. The van der Waals surface area contributed by atoms with Gasteiger partial charge in [-0.3, -0.25) is 0 Å². The highest BCUT2D eigenvalue weighted by molar-refractivity contribution is 7.89. The maximum atomic E-state index is 13.3. The average Bonchev–Trinajstić information content (AvgIpc) is 3.34. The van der Waals surface area contributed by atoms with E-state index in [-0.39, 0.29) is 18.2 Å². The molecule has 2 atom stereocenters. The third-order valence-corrected chi connectivity index (χ3v) is 7.74. The molecule has 3 aromatic rings. The van der Waals surface area contributed by atoms with Gasteiger partial charge in [-0.05, 0) is 86.9 Å². The van der Waals surface area contributed by atoms with Crippen molar-refractivity contribution in [3.05, 3.63) is 60.7 Å². The second-order valence-electron chi connectivity index (χ2n) is 8.91. The Hall–Kier alpha value is -2.71. The summed E-state index contributed by atoms with van der Waals surface area (Å²) in [5.41, 5.74) is 2.84. The van der Waals surface area contributed by atoms with Gasteiger partial charge in [0.2, 0.25) is 10.0 Å². The molecule has 0 spiro atoms. The molecule has 2 aromatic carbocycles. The largest absolute Gasteiger partial charge is 0.491 e. The van der Waals surface area contributed by atoms with Crippen LogP contribution in [0.1, 0.15) is 58.1 Å². The van der Waals surface area contributed by atoms with Crippen molar-refractivity contribution in [3.8, 4) is 16.9 Å². The fourth-order valence-electron chi connectivity index (χ4n) is 4.52. The molecular weight excluding hydrogens is 436 g/mol. The molecule has 1 heterocycles. The van der Waals surface area contributed by atoms with Crippen LogP contribution in [-0.4, -0.2) is 35.3 Å². The highest BCUT2D eigenvalue weighted by atomic mass is 32.2. The topological polar surface area (TPSA) is 86.1 Å². The Morgan fingerprint density at radius 2 is 1.76 bits per heavy atom. The molecular formula is C25H32N4O3S. The average molecular weight is 469 g/mol.